The predicted octanol–water partition coefficient (Wildman–Crippen LogP) is 3.12. The van der Waals surface area contributed by atoms with Crippen LogP contribution in [0.2, 0.25) is 5.15 Å². The smallest absolute Gasteiger partial charge is 0.306 e. The van der Waals surface area contributed by atoms with Gasteiger partial charge in [-0.3, -0.25) is 9.59 Å². The van der Waals surface area contributed by atoms with Gasteiger partial charge in [0.2, 0.25) is 0 Å². The maximum atomic E-state index is 12.1. The van der Waals surface area contributed by atoms with Crippen LogP contribution in [-0.4, -0.2) is 28.5 Å². The Bertz CT molecular complexity index is 553. The summed E-state index contributed by atoms with van der Waals surface area (Å²) in [7, 11) is 0. The highest BCUT2D eigenvalue weighted by atomic mass is 79.9. The van der Waals surface area contributed by atoms with Crippen LogP contribution in [0.1, 0.15) is 36.0 Å². The van der Waals surface area contributed by atoms with E-state index in [2.05, 4.69) is 26.2 Å². The molecule has 2 unspecified atom stereocenters. The van der Waals surface area contributed by atoms with Crippen molar-refractivity contribution in [3.05, 3.63) is 27.5 Å². The number of aromatic nitrogens is 1. The minimum Gasteiger partial charge on any atom is -0.481 e. The van der Waals surface area contributed by atoms with E-state index in [1.807, 2.05) is 0 Å². The number of carboxylic acids is 1. The molecule has 1 heterocycles. The third kappa shape index (κ3) is 4.17. The van der Waals surface area contributed by atoms with Crippen molar-refractivity contribution < 1.29 is 14.7 Å². The molecule has 2 N–H and O–H groups in total. The lowest BCUT2D eigenvalue weighted by Gasteiger charge is -2.28. The second-order valence-corrected chi connectivity index (χ2v) is 6.46. The second kappa shape index (κ2) is 7.22. The topological polar surface area (TPSA) is 79.3 Å². The minimum absolute atomic E-state index is 0.0286. The molecule has 2 atom stereocenters. The highest BCUT2D eigenvalue weighted by molar-refractivity contribution is 9.10. The van der Waals surface area contributed by atoms with Crippen molar-refractivity contribution in [2.75, 3.05) is 6.54 Å². The Morgan fingerprint density at radius 1 is 1.43 bits per heavy atom. The van der Waals surface area contributed by atoms with Crippen LogP contribution in [0.5, 0.6) is 0 Å². The summed E-state index contributed by atoms with van der Waals surface area (Å²) in [5, 5.41) is 12.1. The number of carboxylic acid groups (broad SMARTS) is 1. The first-order valence-corrected chi connectivity index (χ1v) is 7.98. The molecule has 1 amide bonds. The molecule has 21 heavy (non-hydrogen) atoms. The van der Waals surface area contributed by atoms with Crippen LogP contribution in [0.3, 0.4) is 0 Å². The van der Waals surface area contributed by atoms with E-state index < -0.39 is 5.97 Å². The van der Waals surface area contributed by atoms with Gasteiger partial charge in [-0.15, -0.1) is 0 Å². The fraction of sp³-hybridized carbons (Fsp3) is 0.500. The standard InChI is InChI=1S/C14H16BrClN2O3/c15-9-5-11(12(16)17-7-9)13(19)18-6-8-3-1-2-4-10(8)14(20)21/h5,7-8,10H,1-4,6H2,(H,18,19)(H,20,21). The lowest BCUT2D eigenvalue weighted by molar-refractivity contribution is -0.144. The molecule has 1 aromatic rings. The molecule has 5 nitrogen and oxygen atoms in total. The van der Waals surface area contributed by atoms with Gasteiger partial charge < -0.3 is 10.4 Å². The van der Waals surface area contributed by atoms with E-state index >= 15 is 0 Å². The van der Waals surface area contributed by atoms with Crippen molar-refractivity contribution in [2.24, 2.45) is 11.8 Å². The molecule has 7 heteroatoms. The van der Waals surface area contributed by atoms with E-state index in [4.69, 9.17) is 11.6 Å². The molecule has 0 radical (unpaired) electrons. The van der Waals surface area contributed by atoms with Gasteiger partial charge in [0.25, 0.3) is 5.91 Å². The monoisotopic (exact) mass is 374 g/mol. The Morgan fingerprint density at radius 2 is 2.14 bits per heavy atom. The van der Waals surface area contributed by atoms with Gasteiger partial charge in [-0.25, -0.2) is 4.98 Å². The third-order valence-electron chi connectivity index (χ3n) is 3.80. The van der Waals surface area contributed by atoms with Crippen LogP contribution in [0.15, 0.2) is 16.7 Å². The van der Waals surface area contributed by atoms with Crippen LogP contribution < -0.4 is 5.32 Å². The first-order valence-electron chi connectivity index (χ1n) is 6.81. The molecule has 114 valence electrons. The molecule has 1 aliphatic carbocycles. The first kappa shape index (κ1) is 16.2. The molecule has 0 aliphatic heterocycles. The average Bonchev–Trinajstić information content (AvgIpc) is 2.47. The molecular weight excluding hydrogens is 360 g/mol. The lowest BCUT2D eigenvalue weighted by atomic mass is 9.79. The van der Waals surface area contributed by atoms with Gasteiger partial charge >= 0.3 is 5.97 Å². The maximum Gasteiger partial charge on any atom is 0.306 e. The van der Waals surface area contributed by atoms with Crippen LogP contribution >= 0.6 is 27.5 Å². The Morgan fingerprint density at radius 3 is 2.86 bits per heavy atom. The molecule has 1 aromatic heterocycles. The lowest BCUT2D eigenvalue weighted by Crippen LogP contribution is -2.37. The molecular formula is C14H16BrClN2O3. The van der Waals surface area contributed by atoms with Gasteiger partial charge in [-0.2, -0.15) is 0 Å². The first-order chi connectivity index (χ1) is 9.99. The number of nitrogens with one attached hydrogen (secondary N) is 1. The third-order valence-corrected chi connectivity index (χ3v) is 4.54. The summed E-state index contributed by atoms with van der Waals surface area (Å²) >= 11 is 9.15. The summed E-state index contributed by atoms with van der Waals surface area (Å²) in [6, 6.07) is 1.60. The number of pyridine rings is 1. The fourth-order valence-electron chi connectivity index (χ4n) is 2.68. The predicted molar refractivity (Wildman–Crippen MR) is 82.4 cm³/mol. The zero-order chi connectivity index (χ0) is 15.4. The van der Waals surface area contributed by atoms with Crippen LogP contribution in [0, 0.1) is 11.8 Å². The molecule has 0 spiro atoms. The normalized spacial score (nSPS) is 21.8. The summed E-state index contributed by atoms with van der Waals surface area (Å²) in [5.41, 5.74) is 0.286. The van der Waals surface area contributed by atoms with E-state index in [-0.39, 0.29) is 28.5 Å². The molecule has 1 fully saturated rings. The van der Waals surface area contributed by atoms with Gasteiger partial charge in [0.1, 0.15) is 5.15 Å². The van der Waals surface area contributed by atoms with Gasteiger partial charge in [0.05, 0.1) is 11.5 Å². The number of carbonyl (C=O) groups excluding carboxylic acids is 1. The van der Waals surface area contributed by atoms with Crippen molar-refractivity contribution in [1.82, 2.24) is 10.3 Å². The van der Waals surface area contributed by atoms with Gasteiger partial charge in [0, 0.05) is 17.2 Å². The number of halogens is 2. The number of nitrogens with zero attached hydrogens (tertiary/aromatic N) is 1. The van der Waals surface area contributed by atoms with Gasteiger partial charge in [0.15, 0.2) is 0 Å². The van der Waals surface area contributed by atoms with Crippen molar-refractivity contribution in [2.45, 2.75) is 25.7 Å². The molecule has 1 aliphatic rings. The van der Waals surface area contributed by atoms with E-state index in [0.29, 0.717) is 17.4 Å². The van der Waals surface area contributed by atoms with Crippen molar-refractivity contribution in [3.8, 4) is 0 Å². The van der Waals surface area contributed by atoms with Crippen LogP contribution in [-0.2, 0) is 4.79 Å². The number of rotatable bonds is 4. The van der Waals surface area contributed by atoms with Gasteiger partial charge in [-0.1, -0.05) is 24.4 Å². The number of hydrogen-bond acceptors (Lipinski definition) is 3. The van der Waals surface area contributed by atoms with E-state index in [1.54, 1.807) is 6.07 Å². The Hall–Kier alpha value is -1.14. The summed E-state index contributed by atoms with van der Waals surface area (Å²) in [5.74, 6) is -1.52. The van der Waals surface area contributed by atoms with Crippen molar-refractivity contribution in [3.63, 3.8) is 0 Å². The average molecular weight is 376 g/mol. The zero-order valence-corrected chi connectivity index (χ0v) is 13.7. The maximum absolute atomic E-state index is 12.1. The Balaban J connectivity index is 1.99. The van der Waals surface area contributed by atoms with Gasteiger partial charge in [-0.05, 0) is 40.8 Å². The summed E-state index contributed by atoms with van der Waals surface area (Å²) in [6.45, 7) is 0.346. The SMILES string of the molecule is O=C(NCC1CCCCC1C(=O)O)c1cc(Br)cnc1Cl. The van der Waals surface area contributed by atoms with E-state index in [1.165, 1.54) is 6.20 Å². The molecule has 0 bridgehead atoms. The van der Waals surface area contributed by atoms with E-state index in [9.17, 15) is 14.7 Å². The van der Waals surface area contributed by atoms with Crippen LogP contribution in [0.4, 0.5) is 0 Å². The highest BCUT2D eigenvalue weighted by Crippen LogP contribution is 2.30. The summed E-state index contributed by atoms with van der Waals surface area (Å²) in [4.78, 5) is 27.3. The zero-order valence-electron chi connectivity index (χ0n) is 11.3. The minimum atomic E-state index is -0.781. The van der Waals surface area contributed by atoms with Crippen molar-refractivity contribution in [1.29, 1.82) is 0 Å². The Labute approximate surface area is 136 Å². The highest BCUT2D eigenvalue weighted by Gasteiger charge is 2.31. The molecule has 2 rings (SSSR count). The van der Waals surface area contributed by atoms with Crippen LogP contribution in [0.25, 0.3) is 0 Å². The summed E-state index contributed by atoms with van der Waals surface area (Å²) in [6.07, 6.45) is 4.95. The number of carbonyl (C=O) groups is 2. The van der Waals surface area contributed by atoms with Crippen molar-refractivity contribution >= 4 is 39.4 Å². The molecule has 0 aromatic carbocycles. The second-order valence-electron chi connectivity index (χ2n) is 5.19. The number of amides is 1. The van der Waals surface area contributed by atoms with E-state index in [0.717, 1.165) is 19.3 Å². The quantitative estimate of drug-likeness (QED) is 0.793. The number of aliphatic carboxylic acids is 1. The Kier molecular flexibility index (Phi) is 5.58. The molecule has 1 saturated carbocycles. The number of hydrogen-bond donors (Lipinski definition) is 2. The molecule has 0 saturated heterocycles. The summed E-state index contributed by atoms with van der Waals surface area (Å²) < 4.78 is 0.665. The fourth-order valence-corrected chi connectivity index (χ4v) is 3.20. The largest absolute Gasteiger partial charge is 0.481 e.